The van der Waals surface area contributed by atoms with E-state index < -0.39 is 17.4 Å². The predicted molar refractivity (Wildman–Crippen MR) is 159 cm³/mol. The van der Waals surface area contributed by atoms with Crippen molar-refractivity contribution in [2.45, 2.75) is 24.5 Å². The molecule has 2 unspecified atom stereocenters. The zero-order valence-electron chi connectivity index (χ0n) is 22.3. The minimum absolute atomic E-state index is 0.188. The molecule has 1 saturated heterocycles. The minimum Gasteiger partial charge on any atom is -0.457 e. The molecule has 41 heavy (non-hydrogen) atoms. The van der Waals surface area contributed by atoms with Gasteiger partial charge >= 0.3 is 0 Å². The van der Waals surface area contributed by atoms with Crippen LogP contribution < -0.4 is 27.3 Å². The molecule has 0 saturated carbocycles. The summed E-state index contributed by atoms with van der Waals surface area (Å²) in [6.45, 7) is 6.12. The van der Waals surface area contributed by atoms with Crippen LogP contribution in [0, 0.1) is 6.92 Å². The van der Waals surface area contributed by atoms with Crippen molar-refractivity contribution < 1.29 is 19.1 Å². The largest absolute Gasteiger partial charge is 0.457 e. The van der Waals surface area contributed by atoms with Crippen molar-refractivity contribution in [1.29, 1.82) is 0 Å². The fourth-order valence-electron chi connectivity index (χ4n) is 5.72. The fourth-order valence-corrected chi connectivity index (χ4v) is 6.93. The van der Waals surface area contributed by atoms with Gasteiger partial charge in [0.05, 0.1) is 21.7 Å². The highest BCUT2D eigenvalue weighted by Gasteiger charge is 2.49. The second kappa shape index (κ2) is 9.84. The van der Waals surface area contributed by atoms with Gasteiger partial charge in [-0.15, -0.1) is 11.3 Å². The van der Waals surface area contributed by atoms with E-state index in [1.807, 2.05) is 43.3 Å². The molecule has 0 bridgehead atoms. The van der Waals surface area contributed by atoms with Crippen LogP contribution >= 0.6 is 11.3 Å². The maximum absolute atomic E-state index is 14.1. The molecular formula is C31H29N5O4S. The van der Waals surface area contributed by atoms with Crippen LogP contribution in [-0.4, -0.2) is 41.6 Å². The van der Waals surface area contributed by atoms with E-state index in [0.29, 0.717) is 61.9 Å². The lowest BCUT2D eigenvalue weighted by atomic mass is 9.69. The standard InChI is InChI=1S/C31H29N5O4S/c1-3-23(37)36-14-17(15-36)35-30(39)28-25-24-21(11-12-22(32)27(24)41-28)31(34,29(38)26(25)33)20-10-9-19(13-16(20)2)40-18-7-5-4-6-8-18/h3-13,17,26H,1,14-15,32-34H2,2H3,(H,35,39). The third-order valence-corrected chi connectivity index (χ3v) is 9.08. The molecule has 6 rings (SSSR count). The van der Waals surface area contributed by atoms with E-state index in [2.05, 4.69) is 11.9 Å². The number of nitrogens with one attached hydrogen (secondary N) is 1. The van der Waals surface area contributed by atoms with E-state index >= 15 is 0 Å². The van der Waals surface area contributed by atoms with Crippen molar-refractivity contribution in [2.24, 2.45) is 11.5 Å². The van der Waals surface area contributed by atoms with Crippen molar-refractivity contribution in [3.05, 3.63) is 100 Å². The van der Waals surface area contributed by atoms with Crippen molar-refractivity contribution >= 4 is 44.7 Å². The number of rotatable bonds is 6. The zero-order valence-corrected chi connectivity index (χ0v) is 23.2. The number of aryl methyl sites for hydroxylation is 1. The number of Topliss-reactive ketones (excluding diaryl/α,β-unsaturated/α-hetero) is 1. The highest BCUT2D eigenvalue weighted by Crippen LogP contribution is 2.50. The Bertz CT molecular complexity index is 1740. The van der Waals surface area contributed by atoms with Crippen molar-refractivity contribution in [3.63, 3.8) is 0 Å². The molecule has 2 heterocycles. The Hall–Kier alpha value is -4.51. The Morgan fingerprint density at radius 2 is 1.80 bits per heavy atom. The monoisotopic (exact) mass is 567 g/mol. The summed E-state index contributed by atoms with van der Waals surface area (Å²) < 4.78 is 6.63. The number of likely N-dealkylation sites (tertiary alicyclic amines) is 1. The van der Waals surface area contributed by atoms with Crippen molar-refractivity contribution in [1.82, 2.24) is 10.2 Å². The molecule has 1 aliphatic heterocycles. The summed E-state index contributed by atoms with van der Waals surface area (Å²) in [5.41, 5.74) is 21.2. The zero-order chi connectivity index (χ0) is 29.1. The summed E-state index contributed by atoms with van der Waals surface area (Å²) in [6.07, 6.45) is 1.24. The molecule has 10 heteroatoms. The van der Waals surface area contributed by atoms with E-state index in [4.69, 9.17) is 21.9 Å². The lowest BCUT2D eigenvalue weighted by molar-refractivity contribution is -0.130. The number of hydrogen-bond acceptors (Lipinski definition) is 8. The number of nitrogen functional groups attached to an aromatic ring is 1. The lowest BCUT2D eigenvalue weighted by Crippen LogP contribution is -2.60. The Labute approximate surface area is 240 Å². The third kappa shape index (κ3) is 4.19. The molecular weight excluding hydrogens is 538 g/mol. The molecule has 1 aliphatic carbocycles. The Morgan fingerprint density at radius 3 is 2.49 bits per heavy atom. The van der Waals surface area contributed by atoms with Gasteiger partial charge in [-0.2, -0.15) is 0 Å². The van der Waals surface area contributed by atoms with Crippen LogP contribution in [0.15, 0.2) is 73.3 Å². The summed E-state index contributed by atoms with van der Waals surface area (Å²) in [7, 11) is 0. The molecule has 2 atom stereocenters. The van der Waals surface area contributed by atoms with Crippen LogP contribution in [0.25, 0.3) is 10.1 Å². The highest BCUT2D eigenvalue weighted by atomic mass is 32.1. The quantitative estimate of drug-likeness (QED) is 0.205. The van der Waals surface area contributed by atoms with Gasteiger partial charge in [0.15, 0.2) is 5.78 Å². The molecule has 0 spiro atoms. The fraction of sp³-hybridized carbons (Fsp3) is 0.194. The first-order chi connectivity index (χ1) is 19.6. The molecule has 2 amide bonds. The average Bonchev–Trinajstić information content (AvgIpc) is 3.35. The van der Waals surface area contributed by atoms with E-state index in [9.17, 15) is 14.4 Å². The number of amides is 2. The summed E-state index contributed by atoms with van der Waals surface area (Å²) in [4.78, 5) is 41.2. The maximum atomic E-state index is 14.1. The number of ketones is 1. The van der Waals surface area contributed by atoms with Gasteiger partial charge in [0.25, 0.3) is 5.91 Å². The molecule has 2 aliphatic rings. The molecule has 4 aromatic rings. The van der Waals surface area contributed by atoms with E-state index in [1.165, 1.54) is 17.4 Å². The third-order valence-electron chi connectivity index (χ3n) is 7.82. The minimum atomic E-state index is -1.57. The van der Waals surface area contributed by atoms with E-state index in [1.54, 1.807) is 29.2 Å². The Kier molecular flexibility index (Phi) is 6.41. The van der Waals surface area contributed by atoms with Crippen LogP contribution in [0.2, 0.25) is 0 Å². The van der Waals surface area contributed by atoms with Crippen LogP contribution in [0.1, 0.15) is 38.0 Å². The van der Waals surface area contributed by atoms with Gasteiger partial charge in [-0.05, 0) is 60.0 Å². The normalized spacial score (nSPS) is 20.0. The summed E-state index contributed by atoms with van der Waals surface area (Å²) in [5.74, 6) is 0.319. The topological polar surface area (TPSA) is 154 Å². The Balaban J connectivity index is 1.39. The highest BCUT2D eigenvalue weighted by molar-refractivity contribution is 7.21. The number of carbonyl (C=O) groups is 3. The number of hydrogen-bond donors (Lipinski definition) is 4. The van der Waals surface area contributed by atoms with Crippen LogP contribution in [0.4, 0.5) is 5.69 Å². The van der Waals surface area contributed by atoms with Gasteiger partial charge in [-0.1, -0.05) is 36.9 Å². The SMILES string of the molecule is C=CC(=O)N1CC(NC(=O)c2sc3c(N)ccc4c3c2C(N)C(=O)C4(N)c2ccc(Oc3ccccc3)cc2C)C1. The first kappa shape index (κ1) is 26.7. The number of nitrogens with zero attached hydrogens (tertiary/aromatic N) is 1. The molecule has 7 N–H and O–H groups in total. The first-order valence-corrected chi connectivity index (χ1v) is 14.0. The molecule has 0 radical (unpaired) electrons. The smallest absolute Gasteiger partial charge is 0.262 e. The van der Waals surface area contributed by atoms with Crippen LogP contribution in [-0.2, 0) is 15.1 Å². The summed E-state index contributed by atoms with van der Waals surface area (Å²) in [5, 5.41) is 3.59. The molecule has 3 aromatic carbocycles. The number of carbonyl (C=O) groups excluding carboxylic acids is 3. The number of benzene rings is 3. The van der Waals surface area contributed by atoms with Gasteiger partial charge in [-0.25, -0.2) is 0 Å². The molecule has 9 nitrogen and oxygen atoms in total. The summed E-state index contributed by atoms with van der Waals surface area (Å²) >= 11 is 1.19. The maximum Gasteiger partial charge on any atom is 0.262 e. The number of para-hydroxylation sites is 1. The second-order valence-electron chi connectivity index (χ2n) is 10.4. The number of anilines is 1. The number of thiophene rings is 1. The van der Waals surface area contributed by atoms with Gasteiger partial charge < -0.3 is 32.2 Å². The number of nitrogens with two attached hydrogens (primary N) is 3. The predicted octanol–water partition coefficient (Wildman–Crippen LogP) is 3.50. The summed E-state index contributed by atoms with van der Waals surface area (Å²) in [6, 6.07) is 16.9. The Morgan fingerprint density at radius 1 is 1.10 bits per heavy atom. The van der Waals surface area contributed by atoms with Gasteiger partial charge in [-0.3, -0.25) is 14.4 Å². The van der Waals surface area contributed by atoms with Gasteiger partial charge in [0.2, 0.25) is 5.91 Å². The van der Waals surface area contributed by atoms with Crippen molar-refractivity contribution in [2.75, 3.05) is 18.8 Å². The second-order valence-corrected chi connectivity index (χ2v) is 11.4. The number of ether oxygens (including phenoxy) is 1. The van der Waals surface area contributed by atoms with Gasteiger partial charge in [0.1, 0.15) is 17.0 Å². The van der Waals surface area contributed by atoms with Crippen LogP contribution in [0.5, 0.6) is 11.5 Å². The lowest BCUT2D eigenvalue weighted by Gasteiger charge is -2.39. The van der Waals surface area contributed by atoms with E-state index in [0.717, 1.165) is 5.56 Å². The molecule has 1 aromatic heterocycles. The average molecular weight is 568 g/mol. The van der Waals surface area contributed by atoms with Crippen LogP contribution in [0.3, 0.4) is 0 Å². The molecule has 1 fully saturated rings. The van der Waals surface area contributed by atoms with Gasteiger partial charge in [0, 0.05) is 29.7 Å². The van der Waals surface area contributed by atoms with Crippen molar-refractivity contribution in [3.8, 4) is 11.5 Å². The van der Waals surface area contributed by atoms with E-state index in [-0.39, 0.29) is 17.9 Å². The first-order valence-electron chi connectivity index (χ1n) is 13.1. The molecule has 208 valence electrons.